The third kappa shape index (κ3) is 6.72. The fourth-order valence-corrected chi connectivity index (χ4v) is 4.60. The number of carbonyl (C=O) groups excluding carboxylic acids is 1. The highest BCUT2D eigenvalue weighted by molar-refractivity contribution is 5.87. The van der Waals surface area contributed by atoms with Gasteiger partial charge in [0, 0.05) is 69.3 Å². The van der Waals surface area contributed by atoms with Crippen molar-refractivity contribution in [2.24, 2.45) is 5.92 Å². The number of likely N-dealkylation sites (tertiary alicyclic amines) is 1. The van der Waals surface area contributed by atoms with E-state index < -0.39 is 0 Å². The number of aromatic amines is 1. The van der Waals surface area contributed by atoms with Crippen molar-refractivity contribution >= 4 is 17.4 Å². The zero-order valence-electron chi connectivity index (χ0n) is 21.1. The quantitative estimate of drug-likeness (QED) is 0.454. The van der Waals surface area contributed by atoms with Crippen molar-refractivity contribution in [2.75, 3.05) is 43.4 Å². The molecule has 35 heavy (non-hydrogen) atoms. The van der Waals surface area contributed by atoms with E-state index in [1.807, 2.05) is 36.2 Å². The van der Waals surface area contributed by atoms with Crippen LogP contribution < -0.4 is 21.1 Å². The van der Waals surface area contributed by atoms with Gasteiger partial charge in [0.25, 0.3) is 5.56 Å². The third-order valence-electron chi connectivity index (χ3n) is 6.75. The number of hydrogen-bond donors (Lipinski definition) is 3. The maximum absolute atomic E-state index is 13.0. The highest BCUT2D eigenvalue weighted by Crippen LogP contribution is 2.34. The minimum Gasteiger partial charge on any atom is -0.373 e. The van der Waals surface area contributed by atoms with Crippen molar-refractivity contribution in [1.82, 2.24) is 20.2 Å². The van der Waals surface area contributed by atoms with Crippen LogP contribution in [0, 0.1) is 5.92 Å². The second kappa shape index (κ2) is 11.5. The Morgan fingerprint density at radius 2 is 2.11 bits per heavy atom. The number of nitrogens with one attached hydrogen (secondary N) is 3. The van der Waals surface area contributed by atoms with Gasteiger partial charge in [0.05, 0.1) is 0 Å². The molecule has 1 amide bonds. The second-order valence-electron chi connectivity index (χ2n) is 9.92. The minimum absolute atomic E-state index is 0.0469. The molecule has 2 aliphatic rings. The first kappa shape index (κ1) is 25.0. The SMILES string of the molecule is CNc1cc(-c2c[nH]c(=O)c(N(CC3CC3)[C@H]3CCCN(C(=O)C=CCNC(C)C)C3)c2)ccn1. The van der Waals surface area contributed by atoms with Crippen molar-refractivity contribution in [1.29, 1.82) is 0 Å². The Balaban J connectivity index is 1.55. The van der Waals surface area contributed by atoms with E-state index in [1.165, 1.54) is 12.8 Å². The summed E-state index contributed by atoms with van der Waals surface area (Å²) in [5, 5.41) is 6.37. The van der Waals surface area contributed by atoms with Crippen LogP contribution in [0.4, 0.5) is 11.5 Å². The number of carbonyl (C=O) groups is 1. The fourth-order valence-electron chi connectivity index (χ4n) is 4.60. The van der Waals surface area contributed by atoms with E-state index in [2.05, 4.69) is 39.3 Å². The number of amides is 1. The average Bonchev–Trinajstić information content (AvgIpc) is 3.70. The van der Waals surface area contributed by atoms with Gasteiger partial charge in [-0.15, -0.1) is 0 Å². The summed E-state index contributed by atoms with van der Waals surface area (Å²) in [7, 11) is 1.84. The molecule has 0 unspecified atom stereocenters. The molecule has 8 nitrogen and oxygen atoms in total. The molecule has 0 spiro atoms. The number of rotatable bonds is 10. The van der Waals surface area contributed by atoms with E-state index >= 15 is 0 Å². The molecule has 1 aliphatic carbocycles. The average molecular weight is 479 g/mol. The summed E-state index contributed by atoms with van der Waals surface area (Å²) in [6.07, 6.45) is 11.4. The molecule has 188 valence electrons. The molecular formula is C27H38N6O2. The normalized spacial score (nSPS) is 18.3. The maximum atomic E-state index is 13.0. The van der Waals surface area contributed by atoms with Gasteiger partial charge in [0.15, 0.2) is 0 Å². The van der Waals surface area contributed by atoms with Gasteiger partial charge in [0.2, 0.25) is 5.91 Å². The molecule has 0 aromatic carbocycles. The number of nitrogens with zero attached hydrogens (tertiary/aromatic N) is 3. The zero-order chi connectivity index (χ0) is 24.8. The van der Waals surface area contributed by atoms with Gasteiger partial charge in [-0.05, 0) is 55.4 Å². The van der Waals surface area contributed by atoms with Gasteiger partial charge in [-0.3, -0.25) is 9.59 Å². The molecular weight excluding hydrogens is 440 g/mol. The second-order valence-corrected chi connectivity index (χ2v) is 9.92. The van der Waals surface area contributed by atoms with Gasteiger partial charge in [-0.25, -0.2) is 4.98 Å². The molecule has 2 aromatic heterocycles. The molecule has 2 aromatic rings. The minimum atomic E-state index is -0.0830. The van der Waals surface area contributed by atoms with Crippen LogP contribution >= 0.6 is 0 Å². The van der Waals surface area contributed by atoms with Gasteiger partial charge >= 0.3 is 0 Å². The van der Waals surface area contributed by atoms with E-state index in [0.717, 1.165) is 42.9 Å². The number of piperidine rings is 1. The lowest BCUT2D eigenvalue weighted by Gasteiger charge is -2.40. The Labute approximate surface area is 207 Å². The lowest BCUT2D eigenvalue weighted by molar-refractivity contribution is -0.127. The van der Waals surface area contributed by atoms with Crippen molar-refractivity contribution < 1.29 is 4.79 Å². The zero-order valence-corrected chi connectivity index (χ0v) is 21.1. The largest absolute Gasteiger partial charge is 0.373 e. The Morgan fingerprint density at radius 3 is 2.86 bits per heavy atom. The number of anilines is 2. The topological polar surface area (TPSA) is 93.4 Å². The first-order chi connectivity index (χ1) is 16.9. The highest BCUT2D eigenvalue weighted by atomic mass is 16.2. The van der Waals surface area contributed by atoms with Crippen LogP contribution in [0.2, 0.25) is 0 Å². The third-order valence-corrected chi connectivity index (χ3v) is 6.75. The monoisotopic (exact) mass is 478 g/mol. The summed E-state index contributed by atoms with van der Waals surface area (Å²) in [6.45, 7) is 7.10. The first-order valence-electron chi connectivity index (χ1n) is 12.8. The summed E-state index contributed by atoms with van der Waals surface area (Å²) in [4.78, 5) is 37.4. The van der Waals surface area contributed by atoms with Crippen LogP contribution in [0.25, 0.3) is 11.1 Å². The van der Waals surface area contributed by atoms with E-state index in [0.29, 0.717) is 30.7 Å². The fraction of sp³-hybridized carbons (Fsp3) is 0.519. The van der Waals surface area contributed by atoms with Crippen LogP contribution in [-0.4, -0.2) is 66.1 Å². The number of H-pyrrole nitrogens is 1. The molecule has 0 bridgehead atoms. The highest BCUT2D eigenvalue weighted by Gasteiger charge is 2.33. The van der Waals surface area contributed by atoms with E-state index in [4.69, 9.17) is 0 Å². The predicted octanol–water partition coefficient (Wildman–Crippen LogP) is 3.24. The van der Waals surface area contributed by atoms with E-state index in [9.17, 15) is 9.59 Å². The maximum Gasteiger partial charge on any atom is 0.271 e. The summed E-state index contributed by atoms with van der Waals surface area (Å²) in [6, 6.07) is 6.43. The van der Waals surface area contributed by atoms with E-state index in [1.54, 1.807) is 18.5 Å². The Hall–Kier alpha value is -3.13. The molecule has 1 atom stereocenters. The number of hydrogen-bond acceptors (Lipinski definition) is 6. The standard InChI is InChI=1S/C27H38N6O2/c1-19(2)29-11-4-7-26(34)32-13-5-6-23(18-32)33(17-20-8-9-20)24-14-22(16-31-27(24)35)21-10-12-30-25(15-21)28-3/h4,7,10,12,14-16,19-20,23,29H,5-6,8-9,11,13,17-18H2,1-3H3,(H,28,30)(H,31,35)/t23-/m0/s1. The summed E-state index contributed by atoms with van der Waals surface area (Å²) in [5.74, 6) is 1.44. The van der Waals surface area contributed by atoms with Crippen LogP contribution in [0.15, 0.2) is 47.5 Å². The lowest BCUT2D eigenvalue weighted by Crippen LogP contribution is -2.51. The van der Waals surface area contributed by atoms with Crippen LogP contribution in [0.3, 0.4) is 0 Å². The molecule has 1 saturated carbocycles. The van der Waals surface area contributed by atoms with Crippen LogP contribution in [-0.2, 0) is 4.79 Å². The summed E-state index contributed by atoms with van der Waals surface area (Å²) < 4.78 is 0. The smallest absolute Gasteiger partial charge is 0.271 e. The lowest BCUT2D eigenvalue weighted by atomic mass is 10.0. The molecule has 0 radical (unpaired) electrons. The Bertz CT molecular complexity index is 1090. The molecule has 4 rings (SSSR count). The number of pyridine rings is 2. The van der Waals surface area contributed by atoms with Crippen molar-refractivity contribution in [3.8, 4) is 11.1 Å². The number of aromatic nitrogens is 2. The van der Waals surface area contributed by atoms with Gasteiger partial charge in [-0.2, -0.15) is 0 Å². The predicted molar refractivity (Wildman–Crippen MR) is 142 cm³/mol. The van der Waals surface area contributed by atoms with Crippen LogP contribution in [0.5, 0.6) is 0 Å². The van der Waals surface area contributed by atoms with Gasteiger partial charge < -0.3 is 25.4 Å². The van der Waals surface area contributed by atoms with Crippen molar-refractivity contribution in [3.05, 3.63) is 53.1 Å². The van der Waals surface area contributed by atoms with Gasteiger partial charge in [0.1, 0.15) is 11.5 Å². The Morgan fingerprint density at radius 1 is 1.29 bits per heavy atom. The molecule has 8 heteroatoms. The molecule has 1 saturated heterocycles. The molecule has 3 heterocycles. The molecule has 3 N–H and O–H groups in total. The summed E-state index contributed by atoms with van der Waals surface area (Å²) in [5.41, 5.74) is 2.55. The van der Waals surface area contributed by atoms with Gasteiger partial charge in [-0.1, -0.05) is 19.9 Å². The van der Waals surface area contributed by atoms with Crippen molar-refractivity contribution in [2.45, 2.75) is 51.6 Å². The first-order valence-corrected chi connectivity index (χ1v) is 12.8. The van der Waals surface area contributed by atoms with Crippen molar-refractivity contribution in [3.63, 3.8) is 0 Å². The van der Waals surface area contributed by atoms with Crippen LogP contribution in [0.1, 0.15) is 39.5 Å². The van der Waals surface area contributed by atoms with E-state index in [-0.39, 0.29) is 17.5 Å². The summed E-state index contributed by atoms with van der Waals surface area (Å²) >= 11 is 0. The molecule has 2 fully saturated rings. The molecule has 1 aliphatic heterocycles. The Kier molecular flexibility index (Phi) is 8.23.